The molecule has 1 N–H and O–H groups in total. The lowest BCUT2D eigenvalue weighted by atomic mass is 10.0. The molecule has 1 aromatic heterocycles. The maximum absolute atomic E-state index is 13.8. The van der Waals surface area contributed by atoms with Crippen molar-refractivity contribution in [1.29, 1.82) is 0 Å². The van der Waals surface area contributed by atoms with Crippen LogP contribution in [0, 0.1) is 0 Å². The Balaban J connectivity index is 1.35. The largest absolute Gasteiger partial charge is 0.484 e. The monoisotopic (exact) mass is 614 g/mol. The van der Waals surface area contributed by atoms with E-state index >= 15 is 0 Å². The van der Waals surface area contributed by atoms with Gasteiger partial charge in [-0.2, -0.15) is 4.31 Å². The predicted octanol–water partition coefficient (Wildman–Crippen LogP) is 3.57. The van der Waals surface area contributed by atoms with Gasteiger partial charge >= 0.3 is 0 Å². The minimum atomic E-state index is -3.66. The van der Waals surface area contributed by atoms with Gasteiger partial charge in [-0.15, -0.1) is 0 Å². The third-order valence-electron chi connectivity index (χ3n) is 7.17. The second kappa shape index (κ2) is 14.7. The van der Waals surface area contributed by atoms with Gasteiger partial charge in [0, 0.05) is 38.6 Å². The first-order valence-electron chi connectivity index (χ1n) is 14.3. The molecule has 0 saturated carbocycles. The molecule has 1 aliphatic heterocycles. The summed E-state index contributed by atoms with van der Waals surface area (Å²) in [7, 11) is -3.66. The van der Waals surface area contributed by atoms with E-state index in [0.29, 0.717) is 37.6 Å². The zero-order valence-electron chi connectivity index (χ0n) is 24.1. The third kappa shape index (κ3) is 7.87. The molecule has 0 radical (unpaired) electrons. The Kier molecular flexibility index (Phi) is 10.3. The lowest BCUT2D eigenvalue weighted by molar-refractivity contribution is -0.143. The molecule has 0 unspecified atom stereocenters. The lowest BCUT2D eigenvalue weighted by Gasteiger charge is -2.31. The molecule has 10 nitrogen and oxygen atoms in total. The van der Waals surface area contributed by atoms with E-state index in [-0.39, 0.29) is 30.5 Å². The maximum atomic E-state index is 13.8. The summed E-state index contributed by atoms with van der Waals surface area (Å²) in [5.74, 6) is -0.428. The number of pyridine rings is 1. The van der Waals surface area contributed by atoms with Crippen molar-refractivity contribution in [3.05, 3.63) is 126 Å². The number of rotatable bonds is 12. The number of amides is 2. The van der Waals surface area contributed by atoms with Gasteiger partial charge in [-0.3, -0.25) is 14.6 Å². The first-order valence-corrected chi connectivity index (χ1v) is 15.7. The molecule has 2 amide bonds. The fraction of sp³-hybridized carbons (Fsp3) is 0.242. The van der Waals surface area contributed by atoms with Gasteiger partial charge in [-0.1, -0.05) is 66.7 Å². The van der Waals surface area contributed by atoms with E-state index in [9.17, 15) is 18.0 Å². The predicted molar refractivity (Wildman–Crippen MR) is 164 cm³/mol. The minimum Gasteiger partial charge on any atom is -0.484 e. The van der Waals surface area contributed by atoms with Crippen molar-refractivity contribution in [2.75, 3.05) is 32.9 Å². The summed E-state index contributed by atoms with van der Waals surface area (Å²) in [4.78, 5) is 33.3. The van der Waals surface area contributed by atoms with Gasteiger partial charge in [0.05, 0.1) is 18.1 Å². The van der Waals surface area contributed by atoms with Crippen LogP contribution in [-0.2, 0) is 37.4 Å². The van der Waals surface area contributed by atoms with Crippen LogP contribution in [0.15, 0.2) is 114 Å². The van der Waals surface area contributed by atoms with Crippen LogP contribution in [-0.4, -0.2) is 67.3 Å². The Morgan fingerprint density at radius 2 is 1.55 bits per heavy atom. The molecular formula is C33H34N4O6S. The molecule has 228 valence electrons. The number of hydrogen-bond acceptors (Lipinski definition) is 7. The Morgan fingerprint density at radius 1 is 0.886 bits per heavy atom. The van der Waals surface area contributed by atoms with Crippen LogP contribution in [0.4, 0.5) is 0 Å². The van der Waals surface area contributed by atoms with Gasteiger partial charge in [-0.25, -0.2) is 8.42 Å². The van der Waals surface area contributed by atoms with E-state index in [0.717, 1.165) is 11.1 Å². The number of carbonyl (C=O) groups excluding carboxylic acids is 2. The fourth-order valence-electron chi connectivity index (χ4n) is 4.87. The molecule has 0 aliphatic carbocycles. The summed E-state index contributed by atoms with van der Waals surface area (Å²) in [6.07, 6.45) is 3.34. The van der Waals surface area contributed by atoms with E-state index in [1.807, 2.05) is 66.7 Å². The molecule has 1 aliphatic rings. The summed E-state index contributed by atoms with van der Waals surface area (Å²) >= 11 is 0. The van der Waals surface area contributed by atoms with Crippen LogP contribution in [0.3, 0.4) is 0 Å². The van der Waals surface area contributed by atoms with Crippen molar-refractivity contribution in [2.45, 2.75) is 24.0 Å². The number of aromatic nitrogens is 1. The highest BCUT2D eigenvalue weighted by Crippen LogP contribution is 2.25. The first kappa shape index (κ1) is 30.9. The number of nitrogens with zero attached hydrogens (tertiary/aromatic N) is 3. The quantitative estimate of drug-likeness (QED) is 0.259. The highest BCUT2D eigenvalue weighted by Gasteiger charge is 2.32. The maximum Gasteiger partial charge on any atom is 0.261 e. The molecule has 1 atom stereocenters. The van der Waals surface area contributed by atoms with E-state index in [1.54, 1.807) is 18.5 Å². The second-order valence-electron chi connectivity index (χ2n) is 10.2. The second-order valence-corrected chi connectivity index (χ2v) is 12.1. The van der Waals surface area contributed by atoms with Crippen molar-refractivity contribution < 1.29 is 27.5 Å². The Labute approximate surface area is 257 Å². The van der Waals surface area contributed by atoms with Crippen molar-refractivity contribution in [1.82, 2.24) is 19.5 Å². The molecular weight excluding hydrogens is 580 g/mol. The van der Waals surface area contributed by atoms with Crippen molar-refractivity contribution in [3.8, 4) is 5.75 Å². The zero-order chi connectivity index (χ0) is 30.8. The van der Waals surface area contributed by atoms with Crippen LogP contribution >= 0.6 is 0 Å². The van der Waals surface area contributed by atoms with E-state index < -0.39 is 22.0 Å². The van der Waals surface area contributed by atoms with E-state index in [1.165, 1.54) is 33.5 Å². The average Bonchev–Trinajstić information content (AvgIpc) is 3.08. The first-order chi connectivity index (χ1) is 21.4. The number of ether oxygens (including phenoxy) is 2. The molecule has 0 spiro atoms. The number of carbonyl (C=O) groups is 2. The SMILES string of the molecule is O=C(NCc1cccnc1)[C@H](c1ccccc1)N(Cc1ccccc1)C(=O)COc1ccc(S(=O)(=O)N2CCOCC2)cc1. The van der Waals surface area contributed by atoms with Gasteiger partial charge < -0.3 is 19.7 Å². The van der Waals surface area contributed by atoms with Crippen molar-refractivity contribution >= 4 is 21.8 Å². The fourth-order valence-corrected chi connectivity index (χ4v) is 6.28. The van der Waals surface area contributed by atoms with Crippen LogP contribution in [0.1, 0.15) is 22.7 Å². The highest BCUT2D eigenvalue weighted by molar-refractivity contribution is 7.89. The number of nitrogens with one attached hydrogen (secondary N) is 1. The summed E-state index contributed by atoms with van der Waals surface area (Å²) < 4.78 is 38.4. The standard InChI is InChI=1S/C33H34N4O6S/c38-31(25-43-29-13-15-30(16-14-29)44(40,41)36-18-20-42-21-19-36)37(24-26-8-3-1-4-9-26)32(28-11-5-2-6-12-28)33(39)35-23-27-10-7-17-34-22-27/h1-17,22,32H,18-21,23-25H2,(H,35,39)/t32-/m0/s1. The molecule has 0 bridgehead atoms. The summed E-state index contributed by atoms with van der Waals surface area (Å²) in [6, 6.07) is 27.2. The molecule has 11 heteroatoms. The van der Waals surface area contributed by atoms with Gasteiger partial charge in [0.2, 0.25) is 15.9 Å². The Bertz CT molecular complexity index is 1620. The van der Waals surface area contributed by atoms with Crippen molar-refractivity contribution in [3.63, 3.8) is 0 Å². The van der Waals surface area contributed by atoms with Gasteiger partial charge in [0.1, 0.15) is 11.8 Å². The topological polar surface area (TPSA) is 118 Å². The summed E-state index contributed by atoms with van der Waals surface area (Å²) in [5, 5.41) is 2.96. The van der Waals surface area contributed by atoms with Gasteiger partial charge in [-0.05, 0) is 47.0 Å². The summed E-state index contributed by atoms with van der Waals surface area (Å²) in [6.45, 7) is 1.36. The van der Waals surface area contributed by atoms with Gasteiger partial charge in [0.25, 0.3) is 5.91 Å². The van der Waals surface area contributed by atoms with Crippen LogP contribution < -0.4 is 10.1 Å². The molecule has 2 heterocycles. The number of hydrogen-bond donors (Lipinski definition) is 1. The molecule has 5 rings (SSSR count). The summed E-state index contributed by atoms with van der Waals surface area (Å²) in [5.41, 5.74) is 2.33. The number of benzene rings is 3. The van der Waals surface area contributed by atoms with Crippen LogP contribution in [0.2, 0.25) is 0 Å². The minimum absolute atomic E-state index is 0.137. The van der Waals surface area contributed by atoms with Crippen molar-refractivity contribution in [2.24, 2.45) is 0 Å². The molecule has 44 heavy (non-hydrogen) atoms. The number of morpholine rings is 1. The molecule has 4 aromatic rings. The highest BCUT2D eigenvalue weighted by atomic mass is 32.2. The van der Waals surface area contributed by atoms with Crippen LogP contribution in [0.25, 0.3) is 0 Å². The molecule has 1 saturated heterocycles. The smallest absolute Gasteiger partial charge is 0.261 e. The third-order valence-corrected chi connectivity index (χ3v) is 9.09. The Morgan fingerprint density at radius 3 is 2.20 bits per heavy atom. The average molecular weight is 615 g/mol. The zero-order valence-corrected chi connectivity index (χ0v) is 24.9. The van der Waals surface area contributed by atoms with Crippen LogP contribution in [0.5, 0.6) is 5.75 Å². The Hall–Kier alpha value is -4.58. The molecule has 3 aromatic carbocycles. The van der Waals surface area contributed by atoms with E-state index in [2.05, 4.69) is 10.3 Å². The molecule has 1 fully saturated rings. The van der Waals surface area contributed by atoms with E-state index in [4.69, 9.17) is 9.47 Å². The number of sulfonamides is 1. The van der Waals surface area contributed by atoms with Gasteiger partial charge in [0.15, 0.2) is 6.61 Å². The lowest BCUT2D eigenvalue weighted by Crippen LogP contribution is -2.45. The normalized spacial score (nSPS) is 14.4.